The van der Waals surface area contributed by atoms with Gasteiger partial charge in [-0.05, 0) is 24.5 Å². The summed E-state index contributed by atoms with van der Waals surface area (Å²) in [5.74, 6) is -2.79. The molecular weight excluding hydrogens is 254 g/mol. The van der Waals surface area contributed by atoms with E-state index in [0.29, 0.717) is 6.42 Å². The van der Waals surface area contributed by atoms with Gasteiger partial charge in [0.1, 0.15) is 11.4 Å². The van der Waals surface area contributed by atoms with Crippen molar-refractivity contribution in [1.29, 1.82) is 0 Å². The lowest BCUT2D eigenvalue weighted by Crippen LogP contribution is -2.45. The van der Waals surface area contributed by atoms with Gasteiger partial charge in [0.2, 0.25) is 0 Å². The summed E-state index contributed by atoms with van der Waals surface area (Å²) in [5, 5.41) is 9.59. The monoisotopic (exact) mass is 270 g/mol. The molecule has 1 fully saturated rings. The zero-order chi connectivity index (χ0) is 14.2. The minimum Gasteiger partial charge on any atom is -0.396 e. The average molecular weight is 270 g/mol. The Labute approximate surface area is 109 Å². The fourth-order valence-electron chi connectivity index (χ4n) is 2.24. The van der Waals surface area contributed by atoms with Gasteiger partial charge in [0.25, 0.3) is 5.91 Å². The van der Waals surface area contributed by atoms with E-state index in [9.17, 15) is 18.7 Å². The molecule has 0 spiro atoms. The van der Waals surface area contributed by atoms with Gasteiger partial charge in [-0.1, -0.05) is 6.92 Å². The van der Waals surface area contributed by atoms with Crippen LogP contribution in [0.2, 0.25) is 0 Å². The summed E-state index contributed by atoms with van der Waals surface area (Å²) < 4.78 is 27.4. The fourth-order valence-corrected chi connectivity index (χ4v) is 2.24. The molecule has 0 aliphatic carbocycles. The number of anilines is 1. The van der Waals surface area contributed by atoms with Gasteiger partial charge in [-0.3, -0.25) is 4.79 Å². The van der Waals surface area contributed by atoms with Crippen LogP contribution in [0.5, 0.6) is 0 Å². The smallest absolute Gasteiger partial charge is 0.259 e. The normalized spacial score (nSPS) is 23.5. The molecule has 2 rings (SSSR count). The molecule has 0 saturated carbocycles. The van der Waals surface area contributed by atoms with Crippen molar-refractivity contribution in [3.63, 3.8) is 0 Å². The van der Waals surface area contributed by atoms with Gasteiger partial charge in [0.05, 0.1) is 11.8 Å². The minimum atomic E-state index is -1.02. The Kier molecular flexibility index (Phi) is 3.71. The number of likely N-dealkylation sites (tertiary alicyclic amines) is 1. The predicted molar refractivity (Wildman–Crippen MR) is 66.5 cm³/mol. The first-order chi connectivity index (χ1) is 8.91. The van der Waals surface area contributed by atoms with Crippen LogP contribution in [-0.2, 0) is 0 Å². The van der Waals surface area contributed by atoms with Gasteiger partial charge in [-0.25, -0.2) is 8.78 Å². The van der Waals surface area contributed by atoms with Crippen LogP contribution >= 0.6 is 0 Å². The van der Waals surface area contributed by atoms with E-state index >= 15 is 0 Å². The van der Waals surface area contributed by atoms with Crippen molar-refractivity contribution in [3.8, 4) is 0 Å². The number of rotatable bonds is 1. The molecule has 1 aromatic rings. The van der Waals surface area contributed by atoms with E-state index in [2.05, 4.69) is 0 Å². The molecular formula is C13H16F2N2O2. The van der Waals surface area contributed by atoms with Crippen molar-refractivity contribution in [1.82, 2.24) is 4.90 Å². The summed E-state index contributed by atoms with van der Waals surface area (Å²) in [6.45, 7) is 2.34. The molecule has 3 N–H and O–H groups in total. The second-order valence-corrected chi connectivity index (χ2v) is 4.91. The largest absolute Gasteiger partial charge is 0.396 e. The molecule has 0 bridgehead atoms. The van der Waals surface area contributed by atoms with E-state index < -0.39 is 29.2 Å². The molecule has 1 aliphatic heterocycles. The Balaban J connectivity index is 2.28. The summed E-state index contributed by atoms with van der Waals surface area (Å²) in [7, 11) is 0. The number of benzene rings is 1. The van der Waals surface area contributed by atoms with Gasteiger partial charge < -0.3 is 15.7 Å². The fraction of sp³-hybridized carbons (Fsp3) is 0.462. The molecule has 1 heterocycles. The Bertz CT molecular complexity index is 508. The second-order valence-electron chi connectivity index (χ2n) is 4.91. The molecule has 1 aromatic carbocycles. The highest BCUT2D eigenvalue weighted by molar-refractivity contribution is 5.95. The van der Waals surface area contributed by atoms with Gasteiger partial charge in [-0.15, -0.1) is 0 Å². The van der Waals surface area contributed by atoms with Crippen molar-refractivity contribution in [3.05, 3.63) is 29.3 Å². The highest BCUT2D eigenvalue weighted by atomic mass is 19.1. The Morgan fingerprint density at radius 2 is 2.16 bits per heavy atom. The van der Waals surface area contributed by atoms with Crippen molar-refractivity contribution in [2.75, 3.05) is 18.8 Å². The van der Waals surface area contributed by atoms with Crippen LogP contribution in [0.3, 0.4) is 0 Å². The number of carbonyl (C=O) groups excluding carboxylic acids is 1. The van der Waals surface area contributed by atoms with Crippen LogP contribution in [0.25, 0.3) is 0 Å². The van der Waals surface area contributed by atoms with E-state index in [1.54, 1.807) is 6.92 Å². The first kappa shape index (κ1) is 13.7. The minimum absolute atomic E-state index is 0.120. The average Bonchev–Trinajstić information content (AvgIpc) is 2.37. The number of nitrogens with zero attached hydrogens (tertiary/aromatic N) is 1. The molecule has 2 atom stereocenters. The molecule has 0 radical (unpaired) electrons. The van der Waals surface area contributed by atoms with Crippen LogP contribution < -0.4 is 5.73 Å². The van der Waals surface area contributed by atoms with Crippen LogP contribution in [-0.4, -0.2) is 35.1 Å². The number of nitrogens with two attached hydrogens (primary N) is 1. The third kappa shape index (κ3) is 2.53. The first-order valence-corrected chi connectivity index (χ1v) is 6.12. The number of aliphatic hydroxyl groups excluding tert-OH is 1. The molecule has 6 heteroatoms. The van der Waals surface area contributed by atoms with Gasteiger partial charge in [0.15, 0.2) is 5.82 Å². The van der Waals surface area contributed by atoms with Crippen molar-refractivity contribution < 1.29 is 18.7 Å². The van der Waals surface area contributed by atoms with Crippen molar-refractivity contribution in [2.24, 2.45) is 5.92 Å². The number of nitrogen functional groups attached to an aromatic ring is 1. The lowest BCUT2D eigenvalue weighted by atomic mass is 9.96. The predicted octanol–water partition coefficient (Wildman–Crippen LogP) is 1.39. The molecule has 19 heavy (non-hydrogen) atoms. The maximum Gasteiger partial charge on any atom is 0.259 e. The summed E-state index contributed by atoms with van der Waals surface area (Å²) in [4.78, 5) is 13.5. The highest BCUT2D eigenvalue weighted by Gasteiger charge is 2.30. The number of amides is 1. The SMILES string of the molecule is CC1CN(C(=O)c2c(F)ccc(N)c2F)CCC1O. The molecule has 4 nitrogen and oxygen atoms in total. The molecule has 1 aliphatic rings. The molecule has 1 amide bonds. The van der Waals surface area contributed by atoms with E-state index in [1.165, 1.54) is 4.90 Å². The molecule has 1 saturated heterocycles. The van der Waals surface area contributed by atoms with Crippen LogP contribution in [0.4, 0.5) is 14.5 Å². The second kappa shape index (κ2) is 5.13. The third-order valence-corrected chi connectivity index (χ3v) is 3.48. The topological polar surface area (TPSA) is 66.6 Å². The van der Waals surface area contributed by atoms with Crippen LogP contribution in [0.15, 0.2) is 12.1 Å². The zero-order valence-electron chi connectivity index (χ0n) is 10.6. The third-order valence-electron chi connectivity index (χ3n) is 3.48. The highest BCUT2D eigenvalue weighted by Crippen LogP contribution is 2.23. The summed E-state index contributed by atoms with van der Waals surface area (Å²) in [6, 6.07) is 2.07. The summed E-state index contributed by atoms with van der Waals surface area (Å²) in [6.07, 6.45) is -0.0852. The van der Waals surface area contributed by atoms with Gasteiger partial charge >= 0.3 is 0 Å². The van der Waals surface area contributed by atoms with Gasteiger partial charge in [-0.2, -0.15) is 0 Å². The number of hydrogen-bond donors (Lipinski definition) is 2. The Morgan fingerprint density at radius 3 is 2.79 bits per heavy atom. The van der Waals surface area contributed by atoms with E-state index in [0.717, 1.165) is 12.1 Å². The molecule has 0 aromatic heterocycles. The van der Waals surface area contributed by atoms with Crippen molar-refractivity contribution in [2.45, 2.75) is 19.4 Å². The molecule has 104 valence electrons. The lowest BCUT2D eigenvalue weighted by Gasteiger charge is -2.34. The number of aliphatic hydroxyl groups is 1. The van der Waals surface area contributed by atoms with E-state index in [4.69, 9.17) is 5.73 Å². The van der Waals surface area contributed by atoms with E-state index in [-0.39, 0.29) is 24.7 Å². The maximum atomic E-state index is 13.8. The number of halogens is 2. The standard InChI is InChI=1S/C13H16F2N2O2/c1-7-6-17(5-4-10(7)18)13(19)11-8(14)2-3-9(16)12(11)15/h2-3,7,10,18H,4-6,16H2,1H3. The quantitative estimate of drug-likeness (QED) is 0.758. The lowest BCUT2D eigenvalue weighted by molar-refractivity contribution is 0.0292. The van der Waals surface area contributed by atoms with Crippen LogP contribution in [0.1, 0.15) is 23.7 Å². The summed E-state index contributed by atoms with van der Waals surface area (Å²) >= 11 is 0. The number of hydrogen-bond acceptors (Lipinski definition) is 3. The maximum absolute atomic E-state index is 13.8. The number of piperidine rings is 1. The van der Waals surface area contributed by atoms with E-state index in [1.807, 2.05) is 0 Å². The molecule has 2 unspecified atom stereocenters. The van der Waals surface area contributed by atoms with Gasteiger partial charge in [0, 0.05) is 13.1 Å². The zero-order valence-corrected chi connectivity index (χ0v) is 10.6. The number of carbonyl (C=O) groups is 1. The van der Waals surface area contributed by atoms with Crippen LogP contribution in [0, 0.1) is 17.6 Å². The first-order valence-electron chi connectivity index (χ1n) is 6.12. The van der Waals surface area contributed by atoms with Crippen molar-refractivity contribution >= 4 is 11.6 Å². The Hall–Kier alpha value is -1.69. The summed E-state index contributed by atoms with van der Waals surface area (Å²) in [5.41, 5.74) is 4.48. The Morgan fingerprint density at radius 1 is 1.47 bits per heavy atom.